The number of aryl methyl sites for hydroxylation is 3. The predicted molar refractivity (Wildman–Crippen MR) is 111 cm³/mol. The first kappa shape index (κ1) is 30.0. The first-order valence-corrected chi connectivity index (χ1v) is 10.2. The molecule has 0 atom stereocenters. The van der Waals surface area contributed by atoms with Crippen LogP contribution in [0.25, 0.3) is 0 Å². The molecule has 27 heavy (non-hydrogen) atoms. The van der Waals surface area contributed by atoms with Crippen LogP contribution in [0.15, 0.2) is 12.3 Å². The van der Waals surface area contributed by atoms with Crippen LogP contribution in [0.3, 0.4) is 0 Å². The van der Waals surface area contributed by atoms with E-state index >= 15 is 0 Å². The zero-order valence-electron chi connectivity index (χ0n) is 18.6. The molecule has 0 aliphatic rings. The molecule has 2 N–H and O–H groups in total. The average molecular weight is 383 g/mol. The Labute approximate surface area is 167 Å². The number of aldehydes is 1. The molecule has 1 aromatic rings. The molecule has 5 nitrogen and oxygen atoms in total. The summed E-state index contributed by atoms with van der Waals surface area (Å²) in [4.78, 5) is 18.3. The summed E-state index contributed by atoms with van der Waals surface area (Å²) in [6, 6.07) is 2.39. The summed E-state index contributed by atoms with van der Waals surface area (Å²) in [7, 11) is 0. The van der Waals surface area contributed by atoms with Crippen molar-refractivity contribution in [2.24, 2.45) is 5.73 Å². The monoisotopic (exact) mass is 382 g/mol. The molecule has 1 heterocycles. The largest absolute Gasteiger partial charge is 0.550 e. The van der Waals surface area contributed by atoms with Gasteiger partial charge in [0.15, 0.2) is 11.9 Å². The second-order valence-corrected chi connectivity index (χ2v) is 5.92. The highest BCUT2D eigenvalue weighted by atomic mass is 16.4. The molecule has 158 valence electrons. The third-order valence-electron chi connectivity index (χ3n) is 3.42. The molecule has 0 amide bonds. The van der Waals surface area contributed by atoms with Crippen molar-refractivity contribution in [2.45, 2.75) is 93.5 Å². The van der Waals surface area contributed by atoms with Gasteiger partial charge in [-0.05, 0) is 52.1 Å². The molecule has 0 radical (unpaired) electrons. The van der Waals surface area contributed by atoms with Crippen LogP contribution in [0, 0.1) is 0 Å². The van der Waals surface area contributed by atoms with E-state index in [0.29, 0.717) is 6.42 Å². The van der Waals surface area contributed by atoms with Gasteiger partial charge in [-0.3, -0.25) is 0 Å². The van der Waals surface area contributed by atoms with E-state index in [2.05, 4.69) is 44.5 Å². The van der Waals surface area contributed by atoms with Crippen LogP contribution < -0.4 is 15.4 Å². The standard InChI is InChI=1S/C14H24N.C4H8O.C2H7N.C2H4O2/c1-5-9-14-13(7-3)10-12(6-2)11-15(14)8-4;1-2-3-4-5;1-2-3;1-2(3)4/h10-11H,5-9H2,1-4H3;4H,2-3H2,1H3;2-3H2,1H3;1H3,(H,3,4)/q+1;;;/p-1. The van der Waals surface area contributed by atoms with Gasteiger partial charge in [-0.2, -0.15) is 0 Å². The minimum absolute atomic E-state index is 0.708. The highest BCUT2D eigenvalue weighted by molar-refractivity contribution is 5.60. The predicted octanol–water partition coefficient (Wildman–Crippen LogP) is 2.78. The molecule has 0 aliphatic carbocycles. The number of carbonyl (C=O) groups is 2. The Hall–Kier alpha value is -1.75. The van der Waals surface area contributed by atoms with Crippen LogP contribution in [0.2, 0.25) is 0 Å². The summed E-state index contributed by atoms with van der Waals surface area (Å²) >= 11 is 0. The second-order valence-electron chi connectivity index (χ2n) is 5.92. The van der Waals surface area contributed by atoms with Gasteiger partial charge in [0, 0.05) is 29.9 Å². The van der Waals surface area contributed by atoms with Gasteiger partial charge >= 0.3 is 0 Å². The molecule has 0 unspecified atom stereocenters. The summed E-state index contributed by atoms with van der Waals surface area (Å²) < 4.78 is 2.43. The fraction of sp³-hybridized carbons (Fsp3) is 0.682. The van der Waals surface area contributed by atoms with Crippen molar-refractivity contribution in [3.63, 3.8) is 0 Å². The van der Waals surface area contributed by atoms with Crippen LogP contribution in [0.1, 0.15) is 84.5 Å². The van der Waals surface area contributed by atoms with Gasteiger partial charge in [-0.25, -0.2) is 4.57 Å². The molecule has 5 heteroatoms. The number of pyridine rings is 1. The Morgan fingerprint density at radius 2 is 1.63 bits per heavy atom. The lowest BCUT2D eigenvalue weighted by Gasteiger charge is -2.08. The van der Waals surface area contributed by atoms with Crippen LogP contribution in [-0.4, -0.2) is 18.8 Å². The average Bonchev–Trinajstić information content (AvgIpc) is 2.63. The molecule has 0 spiro atoms. The lowest BCUT2D eigenvalue weighted by Crippen LogP contribution is -2.38. The highest BCUT2D eigenvalue weighted by Gasteiger charge is 2.14. The molecule has 0 saturated heterocycles. The van der Waals surface area contributed by atoms with Crippen molar-refractivity contribution in [3.8, 4) is 0 Å². The summed E-state index contributed by atoms with van der Waals surface area (Å²) in [6.07, 6.45) is 9.68. The van der Waals surface area contributed by atoms with E-state index in [1.165, 1.54) is 24.0 Å². The molecule has 0 fully saturated rings. The SMILES string of the molecule is CC(=O)[O-].CCCC=O.CCCc1c(CC)cc(CC)c[n+]1CC.CCN. The number of aromatic nitrogens is 1. The Morgan fingerprint density at radius 3 is 1.89 bits per heavy atom. The third-order valence-corrected chi connectivity index (χ3v) is 3.42. The molecule has 0 aliphatic heterocycles. The first-order valence-electron chi connectivity index (χ1n) is 10.2. The van der Waals surface area contributed by atoms with Crippen molar-refractivity contribution in [2.75, 3.05) is 6.54 Å². The number of carboxylic acid groups (broad SMARTS) is 1. The first-order chi connectivity index (χ1) is 12.8. The van der Waals surface area contributed by atoms with Gasteiger partial charge in [0.1, 0.15) is 12.8 Å². The van der Waals surface area contributed by atoms with E-state index in [1.54, 1.807) is 5.69 Å². The van der Waals surface area contributed by atoms with Crippen molar-refractivity contribution >= 4 is 12.3 Å². The van der Waals surface area contributed by atoms with E-state index < -0.39 is 5.97 Å². The Balaban J connectivity index is -0.000000395. The van der Waals surface area contributed by atoms with E-state index in [4.69, 9.17) is 15.6 Å². The van der Waals surface area contributed by atoms with Gasteiger partial charge < -0.3 is 20.4 Å². The quantitative estimate of drug-likeness (QED) is 0.580. The zero-order valence-corrected chi connectivity index (χ0v) is 18.6. The smallest absolute Gasteiger partial charge is 0.184 e. The molecule has 0 saturated carbocycles. The Bertz CT molecular complexity index is 459. The van der Waals surface area contributed by atoms with Crippen molar-refractivity contribution in [3.05, 3.63) is 29.1 Å². The van der Waals surface area contributed by atoms with Crippen molar-refractivity contribution < 1.29 is 19.3 Å². The number of carboxylic acids is 1. The van der Waals surface area contributed by atoms with Gasteiger partial charge in [-0.15, -0.1) is 0 Å². The number of nitrogens with zero attached hydrogens (tertiary/aromatic N) is 1. The van der Waals surface area contributed by atoms with E-state index in [0.717, 1.165) is 45.6 Å². The van der Waals surface area contributed by atoms with Gasteiger partial charge in [-0.1, -0.05) is 34.6 Å². The summed E-state index contributed by atoms with van der Waals surface area (Å²) in [5.74, 6) is -1.08. The van der Waals surface area contributed by atoms with E-state index in [1.807, 2.05) is 13.8 Å². The van der Waals surface area contributed by atoms with E-state index in [-0.39, 0.29) is 0 Å². The maximum atomic E-state index is 9.40. The minimum Gasteiger partial charge on any atom is -0.550 e. The van der Waals surface area contributed by atoms with Crippen molar-refractivity contribution in [1.29, 1.82) is 0 Å². The lowest BCUT2D eigenvalue weighted by molar-refractivity contribution is -0.701. The summed E-state index contributed by atoms with van der Waals surface area (Å²) in [6.45, 7) is 15.7. The molecular weight excluding hydrogens is 340 g/mol. The van der Waals surface area contributed by atoms with Crippen LogP contribution >= 0.6 is 0 Å². The minimum atomic E-state index is -1.08. The number of unbranched alkanes of at least 4 members (excludes halogenated alkanes) is 1. The van der Waals surface area contributed by atoms with Crippen LogP contribution in [0.4, 0.5) is 0 Å². The molecule has 1 aromatic heterocycles. The molecular formula is C22H42N2O3. The molecule has 1 rings (SSSR count). The maximum absolute atomic E-state index is 9.40. The second kappa shape index (κ2) is 22.3. The lowest BCUT2D eigenvalue weighted by atomic mass is 10.0. The highest BCUT2D eigenvalue weighted by Crippen LogP contribution is 2.11. The number of hydrogen-bond donors (Lipinski definition) is 1. The number of hydrogen-bond acceptors (Lipinski definition) is 4. The number of carbonyl (C=O) groups excluding carboxylic acids is 2. The van der Waals surface area contributed by atoms with E-state index in [9.17, 15) is 4.79 Å². The maximum Gasteiger partial charge on any atom is 0.184 e. The molecule has 0 aromatic carbocycles. The normalized spacial score (nSPS) is 8.89. The van der Waals surface area contributed by atoms with Crippen molar-refractivity contribution in [1.82, 2.24) is 0 Å². The molecule has 0 bridgehead atoms. The Kier molecular flexibility index (Phi) is 24.8. The number of rotatable bonds is 7. The van der Waals surface area contributed by atoms with Gasteiger partial charge in [0.05, 0.1) is 0 Å². The summed E-state index contributed by atoms with van der Waals surface area (Å²) in [5.41, 5.74) is 9.39. The topological polar surface area (TPSA) is 87.1 Å². The number of nitrogens with two attached hydrogens (primary N) is 1. The number of aliphatic carboxylic acids is 1. The van der Waals surface area contributed by atoms with Crippen LogP contribution in [0.5, 0.6) is 0 Å². The van der Waals surface area contributed by atoms with Gasteiger partial charge in [0.2, 0.25) is 0 Å². The fourth-order valence-electron chi connectivity index (χ4n) is 2.25. The fourth-order valence-corrected chi connectivity index (χ4v) is 2.25. The Morgan fingerprint density at radius 1 is 1.11 bits per heavy atom. The summed E-state index contributed by atoms with van der Waals surface area (Å²) in [5, 5.41) is 8.89. The zero-order chi connectivity index (χ0) is 21.7. The van der Waals surface area contributed by atoms with Crippen LogP contribution in [-0.2, 0) is 35.4 Å². The van der Waals surface area contributed by atoms with Gasteiger partial charge in [0.25, 0.3) is 0 Å². The third kappa shape index (κ3) is 18.8.